The van der Waals surface area contributed by atoms with Crippen molar-refractivity contribution in [3.8, 4) is 11.5 Å². The Hall–Kier alpha value is -3.02. The van der Waals surface area contributed by atoms with Gasteiger partial charge in [-0.05, 0) is 63.6 Å². The molecule has 6 heteroatoms. The minimum Gasteiger partial charge on any atom is -0.497 e. The van der Waals surface area contributed by atoms with Crippen molar-refractivity contribution in [1.29, 1.82) is 0 Å². The summed E-state index contributed by atoms with van der Waals surface area (Å²) in [4.78, 5) is 19.6. The van der Waals surface area contributed by atoms with Crippen molar-refractivity contribution in [2.24, 2.45) is 0 Å². The summed E-state index contributed by atoms with van der Waals surface area (Å²) in [5.41, 5.74) is 1.92. The maximum atomic E-state index is 12.7. The number of amides is 1. The predicted octanol–water partition coefficient (Wildman–Crippen LogP) is 4.63. The van der Waals surface area contributed by atoms with Crippen LogP contribution >= 0.6 is 0 Å². The van der Waals surface area contributed by atoms with Crippen molar-refractivity contribution < 1.29 is 14.3 Å². The summed E-state index contributed by atoms with van der Waals surface area (Å²) in [5, 5.41) is 0. The Morgan fingerprint density at radius 1 is 1.06 bits per heavy atom. The second-order valence-corrected chi connectivity index (χ2v) is 9.06. The molecule has 1 fully saturated rings. The van der Waals surface area contributed by atoms with Crippen LogP contribution in [-0.4, -0.2) is 46.2 Å². The highest BCUT2D eigenvalue weighted by molar-refractivity contribution is 5.81. The highest BCUT2D eigenvalue weighted by Crippen LogP contribution is 2.34. The van der Waals surface area contributed by atoms with Crippen molar-refractivity contribution in [2.75, 3.05) is 20.3 Å². The van der Waals surface area contributed by atoms with Crippen LogP contribution in [0.3, 0.4) is 0 Å². The monoisotopic (exact) mass is 421 g/mol. The molecule has 1 saturated heterocycles. The minimum atomic E-state index is -0.172. The summed E-state index contributed by atoms with van der Waals surface area (Å²) < 4.78 is 13.4. The van der Waals surface area contributed by atoms with Crippen LogP contribution in [-0.2, 0) is 11.3 Å². The lowest BCUT2D eigenvalue weighted by Gasteiger charge is -2.32. The number of hydrogen-bond donors (Lipinski definition) is 0. The van der Waals surface area contributed by atoms with Gasteiger partial charge in [0, 0.05) is 31.0 Å². The number of rotatable bonds is 7. The van der Waals surface area contributed by atoms with Crippen LogP contribution in [0.1, 0.15) is 45.4 Å². The molecule has 0 aliphatic carbocycles. The summed E-state index contributed by atoms with van der Waals surface area (Å²) in [6.45, 7) is 8.39. The average Bonchev–Trinajstić information content (AvgIpc) is 3.32. The lowest BCUT2D eigenvalue weighted by molar-refractivity contribution is -0.131. The summed E-state index contributed by atoms with van der Waals surface area (Å²) >= 11 is 0. The van der Waals surface area contributed by atoms with E-state index >= 15 is 0 Å². The fraction of sp³-hybridized carbons (Fsp3) is 0.440. The van der Waals surface area contributed by atoms with E-state index in [2.05, 4.69) is 31.4 Å². The van der Waals surface area contributed by atoms with E-state index in [0.717, 1.165) is 41.3 Å². The molecule has 1 unspecified atom stereocenters. The highest BCUT2D eigenvalue weighted by atomic mass is 16.5. The number of ether oxygens (including phenoxy) is 2. The first kappa shape index (κ1) is 21.2. The van der Waals surface area contributed by atoms with Crippen molar-refractivity contribution >= 4 is 16.9 Å². The Kier molecular flexibility index (Phi) is 5.90. The van der Waals surface area contributed by atoms with E-state index in [1.165, 1.54) is 0 Å². The van der Waals surface area contributed by atoms with E-state index in [0.29, 0.717) is 19.6 Å². The molecule has 0 saturated carbocycles. The fourth-order valence-electron chi connectivity index (χ4n) is 4.25. The standard InChI is InChI=1S/C25H31N3O3/c1-25(2,3)28-17-18(16-23(28)29)24-26-21-8-5-6-9-22(21)27(24)14-7-15-31-20-12-10-19(30-4)11-13-20/h5-6,8-13,18H,7,14-17H2,1-4H3. The van der Waals surface area contributed by atoms with Gasteiger partial charge in [0.25, 0.3) is 0 Å². The van der Waals surface area contributed by atoms with Crippen LogP contribution in [0.5, 0.6) is 11.5 Å². The molecule has 4 rings (SSSR count). The molecule has 0 N–H and O–H groups in total. The van der Waals surface area contributed by atoms with Gasteiger partial charge in [0.15, 0.2) is 0 Å². The van der Waals surface area contributed by atoms with Crippen LogP contribution in [0, 0.1) is 0 Å². The first-order valence-corrected chi connectivity index (χ1v) is 10.9. The maximum Gasteiger partial charge on any atom is 0.223 e. The highest BCUT2D eigenvalue weighted by Gasteiger charge is 2.38. The van der Waals surface area contributed by atoms with Gasteiger partial charge in [-0.3, -0.25) is 4.79 Å². The molecule has 1 aliphatic rings. The third kappa shape index (κ3) is 4.53. The zero-order valence-corrected chi connectivity index (χ0v) is 18.8. The first-order valence-electron chi connectivity index (χ1n) is 10.9. The van der Waals surface area contributed by atoms with Crippen molar-refractivity contribution in [3.05, 3.63) is 54.4 Å². The Labute approximate surface area is 183 Å². The lowest BCUT2D eigenvalue weighted by Crippen LogP contribution is -2.42. The number of aryl methyl sites for hydroxylation is 1. The number of carbonyl (C=O) groups is 1. The molecule has 1 aromatic heterocycles. The zero-order valence-electron chi connectivity index (χ0n) is 18.8. The van der Waals surface area contributed by atoms with E-state index in [4.69, 9.17) is 14.5 Å². The summed E-state index contributed by atoms with van der Waals surface area (Å²) in [5.74, 6) is 2.97. The second kappa shape index (κ2) is 8.61. The number of hydrogen-bond acceptors (Lipinski definition) is 4. The quantitative estimate of drug-likeness (QED) is 0.522. The van der Waals surface area contributed by atoms with Crippen LogP contribution in [0.15, 0.2) is 48.5 Å². The van der Waals surface area contributed by atoms with E-state index in [-0.39, 0.29) is 17.4 Å². The minimum absolute atomic E-state index is 0.113. The molecule has 0 radical (unpaired) electrons. The third-order valence-corrected chi connectivity index (χ3v) is 5.84. The molecule has 1 amide bonds. The molecule has 2 heterocycles. The summed E-state index contributed by atoms with van der Waals surface area (Å²) in [7, 11) is 1.65. The van der Waals surface area contributed by atoms with Crippen LogP contribution < -0.4 is 9.47 Å². The first-order chi connectivity index (χ1) is 14.9. The molecular formula is C25H31N3O3. The molecule has 0 spiro atoms. The summed E-state index contributed by atoms with van der Waals surface area (Å²) in [6.07, 6.45) is 1.37. The molecule has 3 aromatic rings. The van der Waals surface area contributed by atoms with Crippen molar-refractivity contribution in [2.45, 2.75) is 51.6 Å². The third-order valence-electron chi connectivity index (χ3n) is 5.84. The maximum absolute atomic E-state index is 12.7. The Morgan fingerprint density at radius 2 is 1.77 bits per heavy atom. The number of fused-ring (bicyclic) bond motifs is 1. The predicted molar refractivity (Wildman–Crippen MR) is 122 cm³/mol. The zero-order chi connectivity index (χ0) is 22.0. The lowest BCUT2D eigenvalue weighted by atomic mass is 10.1. The van der Waals surface area contributed by atoms with Gasteiger partial charge < -0.3 is 18.9 Å². The number of aromatic nitrogens is 2. The SMILES string of the molecule is COc1ccc(OCCCn2c(C3CC(=O)N(C(C)(C)C)C3)nc3ccccc32)cc1. The number of likely N-dealkylation sites (tertiary alicyclic amines) is 1. The Balaban J connectivity index is 1.48. The molecule has 164 valence electrons. The second-order valence-electron chi connectivity index (χ2n) is 9.06. The van der Waals surface area contributed by atoms with Crippen molar-refractivity contribution in [3.63, 3.8) is 0 Å². The van der Waals surface area contributed by atoms with Gasteiger partial charge in [0.2, 0.25) is 5.91 Å². The molecule has 31 heavy (non-hydrogen) atoms. The smallest absolute Gasteiger partial charge is 0.223 e. The fourth-order valence-corrected chi connectivity index (χ4v) is 4.25. The van der Waals surface area contributed by atoms with Gasteiger partial charge in [-0.1, -0.05) is 12.1 Å². The topological polar surface area (TPSA) is 56.6 Å². The molecule has 6 nitrogen and oxygen atoms in total. The molecule has 1 atom stereocenters. The van der Waals surface area contributed by atoms with Crippen LogP contribution in [0.2, 0.25) is 0 Å². The Bertz CT molecular complexity index is 1050. The van der Waals surface area contributed by atoms with E-state index in [9.17, 15) is 4.79 Å². The number of nitrogens with zero attached hydrogens (tertiary/aromatic N) is 3. The Morgan fingerprint density at radius 3 is 2.45 bits per heavy atom. The number of methoxy groups -OCH3 is 1. The van der Waals surface area contributed by atoms with E-state index in [1.807, 2.05) is 47.4 Å². The van der Waals surface area contributed by atoms with Crippen LogP contribution in [0.4, 0.5) is 0 Å². The number of para-hydroxylation sites is 2. The molecule has 0 bridgehead atoms. The normalized spacial score (nSPS) is 16.8. The van der Waals surface area contributed by atoms with Gasteiger partial charge in [-0.25, -0.2) is 4.98 Å². The molecular weight excluding hydrogens is 390 g/mol. The largest absolute Gasteiger partial charge is 0.497 e. The van der Waals surface area contributed by atoms with Gasteiger partial charge in [0.1, 0.15) is 17.3 Å². The van der Waals surface area contributed by atoms with E-state index in [1.54, 1.807) is 7.11 Å². The average molecular weight is 422 g/mol. The van der Waals surface area contributed by atoms with Gasteiger partial charge >= 0.3 is 0 Å². The van der Waals surface area contributed by atoms with Crippen LogP contribution in [0.25, 0.3) is 11.0 Å². The number of benzene rings is 2. The van der Waals surface area contributed by atoms with Gasteiger partial charge in [-0.15, -0.1) is 0 Å². The summed E-state index contributed by atoms with van der Waals surface area (Å²) in [6, 6.07) is 15.8. The number of imidazole rings is 1. The molecule has 1 aliphatic heterocycles. The van der Waals surface area contributed by atoms with Crippen molar-refractivity contribution in [1.82, 2.24) is 14.5 Å². The van der Waals surface area contributed by atoms with Gasteiger partial charge in [0.05, 0.1) is 24.8 Å². The van der Waals surface area contributed by atoms with Gasteiger partial charge in [-0.2, -0.15) is 0 Å². The molecule has 2 aromatic carbocycles. The number of carbonyl (C=O) groups excluding carboxylic acids is 1. The van der Waals surface area contributed by atoms with E-state index < -0.39 is 0 Å².